The number of rotatable bonds is 5. The standard InChI is InChI=1S/C19H24FN3O2/c1-13(2)22-11-17(21-12-22)19(25)23-9-3-4-16(23)10-18(24)14-5-7-15(20)8-6-14/h5-8,11-13,16,18,24H,3-4,9-10H2,1-2H3/t16-,18+/m1/s1. The minimum absolute atomic E-state index is 0.0308. The minimum atomic E-state index is -0.716. The molecule has 1 saturated heterocycles. The van der Waals surface area contributed by atoms with Crippen molar-refractivity contribution in [3.05, 3.63) is 53.9 Å². The van der Waals surface area contributed by atoms with E-state index in [1.54, 1.807) is 29.6 Å². The van der Waals surface area contributed by atoms with Gasteiger partial charge in [0.25, 0.3) is 5.91 Å². The van der Waals surface area contributed by atoms with Gasteiger partial charge in [-0.2, -0.15) is 0 Å². The average Bonchev–Trinajstić information content (AvgIpc) is 3.24. The summed E-state index contributed by atoms with van der Waals surface area (Å²) in [5, 5.41) is 10.4. The number of halogens is 1. The lowest BCUT2D eigenvalue weighted by Gasteiger charge is -2.26. The van der Waals surface area contributed by atoms with Crippen LogP contribution in [0.5, 0.6) is 0 Å². The fourth-order valence-electron chi connectivity index (χ4n) is 3.30. The van der Waals surface area contributed by atoms with Gasteiger partial charge in [-0.25, -0.2) is 9.37 Å². The van der Waals surface area contributed by atoms with Crippen LogP contribution in [0.1, 0.15) is 61.3 Å². The van der Waals surface area contributed by atoms with Crippen LogP contribution in [-0.4, -0.2) is 38.1 Å². The number of nitrogens with zero attached hydrogens (tertiary/aromatic N) is 3. The van der Waals surface area contributed by atoms with Crippen molar-refractivity contribution in [1.29, 1.82) is 0 Å². The van der Waals surface area contributed by atoms with E-state index in [1.165, 1.54) is 12.1 Å². The molecule has 0 aliphatic carbocycles. The van der Waals surface area contributed by atoms with E-state index in [2.05, 4.69) is 4.98 Å². The summed E-state index contributed by atoms with van der Waals surface area (Å²) in [4.78, 5) is 18.8. The molecule has 1 fully saturated rings. The monoisotopic (exact) mass is 345 g/mol. The molecule has 0 spiro atoms. The maximum Gasteiger partial charge on any atom is 0.274 e. The molecule has 2 aromatic rings. The molecule has 3 rings (SSSR count). The number of aromatic nitrogens is 2. The Labute approximate surface area is 147 Å². The predicted octanol–water partition coefficient (Wildman–Crippen LogP) is 3.33. The van der Waals surface area contributed by atoms with Crippen LogP contribution in [0.15, 0.2) is 36.8 Å². The summed E-state index contributed by atoms with van der Waals surface area (Å²) in [5.74, 6) is -0.414. The normalized spacial score (nSPS) is 18.8. The van der Waals surface area contributed by atoms with Crippen molar-refractivity contribution in [1.82, 2.24) is 14.5 Å². The molecular weight excluding hydrogens is 321 g/mol. The lowest BCUT2D eigenvalue weighted by Crippen LogP contribution is -2.36. The number of likely N-dealkylation sites (tertiary alicyclic amines) is 1. The van der Waals surface area contributed by atoms with Gasteiger partial charge in [0, 0.05) is 24.8 Å². The SMILES string of the molecule is CC(C)n1cnc(C(=O)N2CCC[C@@H]2C[C@H](O)c2ccc(F)cc2)c1. The zero-order chi connectivity index (χ0) is 18.0. The molecule has 1 aromatic carbocycles. The molecule has 5 nitrogen and oxygen atoms in total. The third kappa shape index (κ3) is 3.90. The molecule has 0 bridgehead atoms. The van der Waals surface area contributed by atoms with Crippen LogP contribution >= 0.6 is 0 Å². The molecule has 25 heavy (non-hydrogen) atoms. The predicted molar refractivity (Wildman–Crippen MR) is 92.6 cm³/mol. The number of carbonyl (C=O) groups is 1. The number of aliphatic hydroxyl groups is 1. The highest BCUT2D eigenvalue weighted by molar-refractivity contribution is 5.92. The fraction of sp³-hybridized carbons (Fsp3) is 0.474. The Bertz CT molecular complexity index is 727. The quantitative estimate of drug-likeness (QED) is 0.904. The van der Waals surface area contributed by atoms with Crippen molar-refractivity contribution in [2.45, 2.75) is 51.3 Å². The van der Waals surface area contributed by atoms with Gasteiger partial charge in [0.1, 0.15) is 11.5 Å². The molecule has 1 aliphatic rings. The third-order valence-electron chi connectivity index (χ3n) is 4.81. The van der Waals surface area contributed by atoms with E-state index in [9.17, 15) is 14.3 Å². The van der Waals surface area contributed by atoms with Gasteiger partial charge >= 0.3 is 0 Å². The number of amides is 1. The van der Waals surface area contributed by atoms with Gasteiger partial charge in [0.05, 0.1) is 12.4 Å². The zero-order valence-electron chi connectivity index (χ0n) is 14.6. The van der Waals surface area contributed by atoms with E-state index in [0.717, 1.165) is 12.8 Å². The van der Waals surface area contributed by atoms with E-state index in [4.69, 9.17) is 0 Å². The number of benzene rings is 1. The highest BCUT2D eigenvalue weighted by Crippen LogP contribution is 2.28. The van der Waals surface area contributed by atoms with Gasteiger partial charge < -0.3 is 14.6 Å². The van der Waals surface area contributed by atoms with E-state index < -0.39 is 6.10 Å². The zero-order valence-corrected chi connectivity index (χ0v) is 14.6. The van der Waals surface area contributed by atoms with E-state index >= 15 is 0 Å². The summed E-state index contributed by atoms with van der Waals surface area (Å²) in [6.45, 7) is 4.75. The lowest BCUT2D eigenvalue weighted by atomic mass is 10.0. The van der Waals surface area contributed by atoms with Crippen LogP contribution in [0.25, 0.3) is 0 Å². The Morgan fingerprint density at radius 3 is 2.72 bits per heavy atom. The second kappa shape index (κ2) is 7.35. The van der Waals surface area contributed by atoms with Crippen molar-refractivity contribution in [2.24, 2.45) is 0 Å². The molecule has 6 heteroatoms. The Balaban J connectivity index is 1.69. The van der Waals surface area contributed by atoms with E-state index in [0.29, 0.717) is 24.2 Å². The highest BCUT2D eigenvalue weighted by Gasteiger charge is 2.32. The van der Waals surface area contributed by atoms with Gasteiger partial charge in [-0.15, -0.1) is 0 Å². The van der Waals surface area contributed by atoms with E-state index in [-0.39, 0.29) is 23.8 Å². The van der Waals surface area contributed by atoms with Crippen LogP contribution in [0.4, 0.5) is 4.39 Å². The first-order valence-electron chi connectivity index (χ1n) is 8.73. The van der Waals surface area contributed by atoms with Crippen LogP contribution in [0.2, 0.25) is 0 Å². The Kier molecular flexibility index (Phi) is 5.18. The van der Waals surface area contributed by atoms with Crippen LogP contribution in [0.3, 0.4) is 0 Å². The molecule has 134 valence electrons. The maximum absolute atomic E-state index is 13.0. The third-order valence-corrected chi connectivity index (χ3v) is 4.81. The molecule has 0 saturated carbocycles. The van der Waals surface area contributed by atoms with Crippen LogP contribution < -0.4 is 0 Å². The molecule has 1 amide bonds. The maximum atomic E-state index is 13.0. The summed E-state index contributed by atoms with van der Waals surface area (Å²) in [6, 6.07) is 6.08. The second-order valence-electron chi connectivity index (χ2n) is 6.90. The number of hydrogen-bond acceptors (Lipinski definition) is 3. The van der Waals surface area contributed by atoms with Gasteiger partial charge in [-0.3, -0.25) is 4.79 Å². The summed E-state index contributed by atoms with van der Waals surface area (Å²) >= 11 is 0. The smallest absolute Gasteiger partial charge is 0.274 e. The van der Waals surface area contributed by atoms with Crippen molar-refractivity contribution >= 4 is 5.91 Å². The first-order chi connectivity index (χ1) is 12.0. The fourth-order valence-corrected chi connectivity index (χ4v) is 3.30. The first kappa shape index (κ1) is 17.6. The summed E-state index contributed by atoms with van der Waals surface area (Å²) in [6.07, 6.45) is 4.95. The number of carbonyl (C=O) groups excluding carboxylic acids is 1. The molecule has 1 aliphatic heterocycles. The molecule has 0 unspecified atom stereocenters. The molecule has 2 heterocycles. The Hall–Kier alpha value is -2.21. The Morgan fingerprint density at radius 1 is 1.36 bits per heavy atom. The van der Waals surface area contributed by atoms with Crippen molar-refractivity contribution < 1.29 is 14.3 Å². The minimum Gasteiger partial charge on any atom is -0.388 e. The van der Waals surface area contributed by atoms with E-state index in [1.807, 2.05) is 18.4 Å². The number of hydrogen-bond donors (Lipinski definition) is 1. The molecule has 2 atom stereocenters. The highest BCUT2D eigenvalue weighted by atomic mass is 19.1. The van der Waals surface area contributed by atoms with Gasteiger partial charge in [0.2, 0.25) is 0 Å². The Morgan fingerprint density at radius 2 is 2.08 bits per heavy atom. The van der Waals surface area contributed by atoms with Crippen molar-refractivity contribution in [3.63, 3.8) is 0 Å². The van der Waals surface area contributed by atoms with Crippen molar-refractivity contribution in [3.8, 4) is 0 Å². The van der Waals surface area contributed by atoms with Crippen LogP contribution in [0, 0.1) is 5.82 Å². The van der Waals surface area contributed by atoms with Gasteiger partial charge in [-0.05, 0) is 50.8 Å². The topological polar surface area (TPSA) is 58.4 Å². The number of imidazole rings is 1. The summed E-state index contributed by atoms with van der Waals surface area (Å²) in [7, 11) is 0. The van der Waals surface area contributed by atoms with Crippen molar-refractivity contribution in [2.75, 3.05) is 6.54 Å². The summed E-state index contributed by atoms with van der Waals surface area (Å²) < 4.78 is 14.9. The lowest BCUT2D eigenvalue weighted by molar-refractivity contribution is 0.0662. The van der Waals surface area contributed by atoms with Crippen LogP contribution in [-0.2, 0) is 0 Å². The number of aliphatic hydroxyl groups excluding tert-OH is 1. The molecule has 0 radical (unpaired) electrons. The molecule has 1 N–H and O–H groups in total. The molecule has 1 aromatic heterocycles. The second-order valence-corrected chi connectivity index (χ2v) is 6.90. The average molecular weight is 345 g/mol. The largest absolute Gasteiger partial charge is 0.388 e. The van der Waals surface area contributed by atoms with Gasteiger partial charge in [-0.1, -0.05) is 12.1 Å². The first-order valence-corrected chi connectivity index (χ1v) is 8.73. The summed E-state index contributed by atoms with van der Waals surface area (Å²) in [5.41, 5.74) is 1.11. The van der Waals surface area contributed by atoms with Gasteiger partial charge in [0.15, 0.2) is 0 Å². The molecular formula is C19H24FN3O2.